The zero-order valence-electron chi connectivity index (χ0n) is 17.1. The van der Waals surface area contributed by atoms with E-state index in [0.29, 0.717) is 35.7 Å². The van der Waals surface area contributed by atoms with Gasteiger partial charge in [0.1, 0.15) is 5.82 Å². The number of nitrogens with zero attached hydrogens (tertiary/aromatic N) is 2. The van der Waals surface area contributed by atoms with Crippen LogP contribution in [0, 0.1) is 5.82 Å². The van der Waals surface area contributed by atoms with Crippen molar-refractivity contribution in [3.63, 3.8) is 0 Å². The summed E-state index contributed by atoms with van der Waals surface area (Å²) < 4.78 is 15.4. The number of aromatic carboxylic acids is 1. The number of carbonyl (C=O) groups is 2. The molecule has 6 nitrogen and oxygen atoms in total. The van der Waals surface area contributed by atoms with Crippen LogP contribution in [0.5, 0.6) is 0 Å². The van der Waals surface area contributed by atoms with Gasteiger partial charge in [-0.3, -0.25) is 9.48 Å². The highest BCUT2D eigenvalue weighted by Gasteiger charge is 2.51. The number of halogens is 2. The summed E-state index contributed by atoms with van der Waals surface area (Å²) in [6.45, 7) is 0. The normalized spacial score (nSPS) is 16.9. The van der Waals surface area contributed by atoms with E-state index in [-0.39, 0.29) is 16.5 Å². The lowest BCUT2D eigenvalue weighted by Gasteiger charge is -2.25. The Morgan fingerprint density at radius 3 is 2.59 bits per heavy atom. The van der Waals surface area contributed by atoms with Crippen LogP contribution < -0.4 is 5.32 Å². The maximum atomic E-state index is 13.5. The molecule has 2 N–H and O–H groups in total. The Hall–Kier alpha value is -3.19. The quantitative estimate of drug-likeness (QED) is 0.520. The van der Waals surface area contributed by atoms with Crippen molar-refractivity contribution in [1.82, 2.24) is 9.78 Å². The first-order valence-corrected chi connectivity index (χ1v) is 10.9. The topological polar surface area (TPSA) is 84.2 Å². The molecule has 1 heterocycles. The number of carboxylic acids is 1. The van der Waals surface area contributed by atoms with Crippen molar-refractivity contribution in [3.05, 3.63) is 70.8 Å². The molecule has 2 saturated carbocycles. The number of hydrogen-bond acceptors (Lipinski definition) is 3. The predicted molar refractivity (Wildman–Crippen MR) is 118 cm³/mol. The molecule has 0 atom stereocenters. The van der Waals surface area contributed by atoms with Gasteiger partial charge >= 0.3 is 5.97 Å². The number of nitrogens with one attached hydrogen (secondary N) is 1. The van der Waals surface area contributed by atoms with Crippen molar-refractivity contribution in [2.45, 2.75) is 43.6 Å². The van der Waals surface area contributed by atoms with Gasteiger partial charge in [0.05, 0.1) is 28.2 Å². The fraction of sp³-hybridized carbons (Fsp3) is 0.292. The number of hydrogen-bond donors (Lipinski definition) is 2. The number of aromatic nitrogens is 2. The highest BCUT2D eigenvalue weighted by Crippen LogP contribution is 2.49. The number of benzene rings is 2. The Kier molecular flexibility index (Phi) is 5.01. The highest BCUT2D eigenvalue weighted by atomic mass is 35.5. The summed E-state index contributed by atoms with van der Waals surface area (Å²) in [5, 5.41) is 17.0. The molecule has 1 amide bonds. The van der Waals surface area contributed by atoms with E-state index >= 15 is 0 Å². The average Bonchev–Trinajstić information content (AvgIpc) is 3.41. The van der Waals surface area contributed by atoms with Crippen LogP contribution in [0.4, 0.5) is 10.1 Å². The van der Waals surface area contributed by atoms with Gasteiger partial charge in [0.15, 0.2) is 0 Å². The second kappa shape index (κ2) is 7.74. The Bertz CT molecular complexity index is 1230. The molecule has 0 aliphatic heterocycles. The lowest BCUT2D eigenvalue weighted by Crippen LogP contribution is -2.28. The van der Waals surface area contributed by atoms with Gasteiger partial charge in [0.25, 0.3) is 0 Å². The molecule has 32 heavy (non-hydrogen) atoms. The van der Waals surface area contributed by atoms with Gasteiger partial charge in [0, 0.05) is 17.4 Å². The number of carboxylic acid groups (broad SMARTS) is 1. The van der Waals surface area contributed by atoms with E-state index in [0.717, 1.165) is 18.4 Å². The van der Waals surface area contributed by atoms with E-state index in [1.807, 2.05) is 10.9 Å². The van der Waals surface area contributed by atoms with E-state index in [9.17, 15) is 19.1 Å². The molecular weight excluding hydrogens is 433 g/mol. The average molecular weight is 454 g/mol. The monoisotopic (exact) mass is 453 g/mol. The number of carbonyl (C=O) groups excluding carboxylic acids is 1. The summed E-state index contributed by atoms with van der Waals surface area (Å²) in [4.78, 5) is 25.0. The van der Waals surface area contributed by atoms with Gasteiger partial charge in [0.2, 0.25) is 5.91 Å². The lowest BCUT2D eigenvalue weighted by atomic mass is 9.93. The van der Waals surface area contributed by atoms with Crippen molar-refractivity contribution < 1.29 is 19.1 Å². The minimum atomic E-state index is -1.08. The molecule has 8 heteroatoms. The minimum Gasteiger partial charge on any atom is -0.478 e. The smallest absolute Gasteiger partial charge is 0.336 e. The molecular formula is C24H21ClFN3O3. The Morgan fingerprint density at radius 1 is 1.19 bits per heavy atom. The summed E-state index contributed by atoms with van der Waals surface area (Å²) in [5.41, 5.74) is 1.63. The van der Waals surface area contributed by atoms with E-state index in [2.05, 4.69) is 10.4 Å². The lowest BCUT2D eigenvalue weighted by molar-refractivity contribution is -0.118. The van der Waals surface area contributed by atoms with Crippen LogP contribution in [0.2, 0.25) is 5.02 Å². The van der Waals surface area contributed by atoms with Crippen molar-refractivity contribution in [2.75, 3.05) is 5.32 Å². The summed E-state index contributed by atoms with van der Waals surface area (Å²) in [6, 6.07) is 9.53. The van der Waals surface area contributed by atoms with E-state index < -0.39 is 17.2 Å². The third-order valence-electron chi connectivity index (χ3n) is 6.53. The number of anilines is 1. The van der Waals surface area contributed by atoms with E-state index in [1.165, 1.54) is 24.6 Å². The predicted octanol–water partition coefficient (Wildman–Crippen LogP) is 5.44. The minimum absolute atomic E-state index is 0.0264. The maximum Gasteiger partial charge on any atom is 0.336 e. The molecule has 0 bridgehead atoms. The molecule has 2 aliphatic rings. The van der Waals surface area contributed by atoms with E-state index in [4.69, 9.17) is 11.6 Å². The van der Waals surface area contributed by atoms with Gasteiger partial charge in [-0.2, -0.15) is 5.10 Å². The van der Waals surface area contributed by atoms with Gasteiger partial charge in [-0.15, -0.1) is 0 Å². The molecule has 5 rings (SSSR count). The third kappa shape index (κ3) is 3.56. The molecule has 1 aromatic heterocycles. The highest BCUT2D eigenvalue weighted by molar-refractivity contribution is 6.30. The summed E-state index contributed by atoms with van der Waals surface area (Å²) >= 11 is 5.90. The summed E-state index contributed by atoms with van der Waals surface area (Å²) in [5.74, 6) is -1.88. The molecule has 0 unspecified atom stereocenters. The van der Waals surface area contributed by atoms with Crippen molar-refractivity contribution in [1.29, 1.82) is 0 Å². The Morgan fingerprint density at radius 2 is 1.97 bits per heavy atom. The second-order valence-electron chi connectivity index (χ2n) is 8.52. The van der Waals surface area contributed by atoms with E-state index in [1.54, 1.807) is 24.4 Å². The first-order valence-electron chi connectivity index (χ1n) is 10.6. The number of rotatable bonds is 6. The zero-order valence-corrected chi connectivity index (χ0v) is 17.9. The van der Waals surface area contributed by atoms with Crippen LogP contribution >= 0.6 is 11.6 Å². The fourth-order valence-corrected chi connectivity index (χ4v) is 4.38. The molecule has 2 aromatic carbocycles. The standard InChI is InChI=1S/C24H21ClFN3O3/c25-20-10-15(4-7-21(20)26)24(8-9-24)23(32)28-16-5-6-18(19(11-16)22(30)31)14-12-27-29(13-14)17-2-1-3-17/h4-7,10-13,17H,1-3,8-9H2,(H,28,32)(H,30,31). The van der Waals surface area contributed by atoms with Gasteiger partial charge in [-0.05, 0) is 67.5 Å². The van der Waals surface area contributed by atoms with Crippen LogP contribution in [-0.4, -0.2) is 26.8 Å². The van der Waals surface area contributed by atoms with Crippen LogP contribution in [-0.2, 0) is 10.2 Å². The van der Waals surface area contributed by atoms with Crippen LogP contribution in [0.1, 0.15) is 54.1 Å². The van der Waals surface area contributed by atoms with Crippen molar-refractivity contribution >= 4 is 29.2 Å². The largest absolute Gasteiger partial charge is 0.478 e. The summed E-state index contributed by atoms with van der Waals surface area (Å²) in [6.07, 6.45) is 8.13. The van der Waals surface area contributed by atoms with Crippen LogP contribution in [0.15, 0.2) is 48.8 Å². The van der Waals surface area contributed by atoms with Gasteiger partial charge < -0.3 is 10.4 Å². The molecule has 0 radical (unpaired) electrons. The van der Waals surface area contributed by atoms with Crippen LogP contribution in [0.25, 0.3) is 11.1 Å². The zero-order chi connectivity index (χ0) is 22.5. The number of amides is 1. The van der Waals surface area contributed by atoms with Gasteiger partial charge in [-0.1, -0.05) is 23.7 Å². The first kappa shape index (κ1) is 20.7. The fourth-order valence-electron chi connectivity index (χ4n) is 4.20. The molecule has 0 spiro atoms. The SMILES string of the molecule is O=C(O)c1cc(NC(=O)C2(c3ccc(F)c(Cl)c3)CC2)ccc1-c1cnn(C2CCC2)c1. The molecule has 164 valence electrons. The second-order valence-corrected chi connectivity index (χ2v) is 8.93. The van der Waals surface area contributed by atoms with Gasteiger partial charge in [-0.25, -0.2) is 9.18 Å². The molecule has 3 aromatic rings. The summed E-state index contributed by atoms with van der Waals surface area (Å²) in [7, 11) is 0. The molecule has 0 saturated heterocycles. The molecule has 2 fully saturated rings. The maximum absolute atomic E-state index is 13.5. The molecule has 2 aliphatic carbocycles. The third-order valence-corrected chi connectivity index (χ3v) is 6.82. The first-order chi connectivity index (χ1) is 15.4. The Labute approximate surface area is 189 Å². The van der Waals surface area contributed by atoms with Crippen LogP contribution in [0.3, 0.4) is 0 Å². The van der Waals surface area contributed by atoms with Crippen molar-refractivity contribution in [2.24, 2.45) is 0 Å². The Balaban J connectivity index is 1.40. The van der Waals surface area contributed by atoms with Crippen molar-refractivity contribution in [3.8, 4) is 11.1 Å².